The van der Waals surface area contributed by atoms with Crippen LogP contribution in [-0.4, -0.2) is 36.6 Å². The molecule has 19 heavy (non-hydrogen) atoms. The van der Waals surface area contributed by atoms with Crippen molar-refractivity contribution in [2.45, 2.75) is 25.9 Å². The minimum atomic E-state index is 0.510. The number of nitrogens with zero attached hydrogens (tertiary/aromatic N) is 2. The maximum atomic E-state index is 4.67. The molecule has 0 aliphatic rings. The van der Waals surface area contributed by atoms with Gasteiger partial charge in [0.15, 0.2) is 0 Å². The minimum Gasteiger partial charge on any atom is -0.309 e. The number of fused-ring (bicyclic) bond motifs is 1. The van der Waals surface area contributed by atoms with E-state index in [1.54, 1.807) is 0 Å². The molecule has 0 amide bonds. The lowest BCUT2D eigenvalue weighted by atomic mass is 10.2. The van der Waals surface area contributed by atoms with Crippen molar-refractivity contribution in [3.05, 3.63) is 42.1 Å². The first-order valence-electron chi connectivity index (χ1n) is 6.88. The fourth-order valence-electron chi connectivity index (χ4n) is 2.04. The molecule has 2 rings (SSSR count). The fourth-order valence-corrected chi connectivity index (χ4v) is 2.04. The topological polar surface area (TPSA) is 28.2 Å². The maximum Gasteiger partial charge on any atom is 0.0705 e. The van der Waals surface area contributed by atoms with Crippen molar-refractivity contribution in [2.75, 3.05) is 20.6 Å². The van der Waals surface area contributed by atoms with E-state index in [0.29, 0.717) is 6.04 Å². The zero-order valence-corrected chi connectivity index (χ0v) is 12.1. The number of benzene rings is 1. The van der Waals surface area contributed by atoms with Crippen LogP contribution in [0, 0.1) is 0 Å². The normalized spacial score (nSPS) is 13.1. The summed E-state index contributed by atoms with van der Waals surface area (Å²) in [4.78, 5) is 6.88. The van der Waals surface area contributed by atoms with Crippen LogP contribution < -0.4 is 5.32 Å². The third-order valence-electron chi connectivity index (χ3n) is 3.30. The molecule has 0 spiro atoms. The number of rotatable bonds is 6. The van der Waals surface area contributed by atoms with Gasteiger partial charge in [-0.2, -0.15) is 0 Å². The highest BCUT2D eigenvalue weighted by Gasteiger charge is 2.03. The van der Waals surface area contributed by atoms with E-state index in [0.717, 1.165) is 30.7 Å². The molecule has 0 aliphatic carbocycles. The number of hydrogen-bond acceptors (Lipinski definition) is 3. The predicted molar refractivity (Wildman–Crippen MR) is 81.2 cm³/mol. The molecule has 1 aromatic carbocycles. The van der Waals surface area contributed by atoms with Gasteiger partial charge in [-0.15, -0.1) is 0 Å². The van der Waals surface area contributed by atoms with Crippen LogP contribution in [0.3, 0.4) is 0 Å². The van der Waals surface area contributed by atoms with E-state index >= 15 is 0 Å². The first-order valence-corrected chi connectivity index (χ1v) is 6.88. The molecule has 1 heterocycles. The van der Waals surface area contributed by atoms with Gasteiger partial charge >= 0.3 is 0 Å². The standard InChI is InChI=1S/C16H23N3/c1-13(10-11-19(2)3)17-12-15-9-8-14-6-4-5-7-16(14)18-15/h4-9,13,17H,10-12H2,1-3H3. The molecule has 0 radical (unpaired) electrons. The average Bonchev–Trinajstić information content (AvgIpc) is 2.42. The Morgan fingerprint density at radius 2 is 1.95 bits per heavy atom. The lowest BCUT2D eigenvalue weighted by Gasteiger charge is -2.16. The Morgan fingerprint density at radius 3 is 2.74 bits per heavy atom. The Bertz CT molecular complexity index is 522. The van der Waals surface area contributed by atoms with E-state index in [9.17, 15) is 0 Å². The summed E-state index contributed by atoms with van der Waals surface area (Å²) in [6.07, 6.45) is 1.15. The van der Waals surface area contributed by atoms with Gasteiger partial charge in [-0.3, -0.25) is 4.98 Å². The van der Waals surface area contributed by atoms with E-state index in [-0.39, 0.29) is 0 Å². The highest BCUT2D eigenvalue weighted by molar-refractivity contribution is 5.78. The second-order valence-electron chi connectivity index (χ2n) is 5.37. The van der Waals surface area contributed by atoms with Gasteiger partial charge in [0.1, 0.15) is 0 Å². The average molecular weight is 257 g/mol. The van der Waals surface area contributed by atoms with E-state index in [2.05, 4.69) is 60.5 Å². The van der Waals surface area contributed by atoms with Crippen molar-refractivity contribution in [3.8, 4) is 0 Å². The molecule has 1 unspecified atom stereocenters. The van der Waals surface area contributed by atoms with Crippen LogP contribution in [0.5, 0.6) is 0 Å². The molecule has 0 saturated carbocycles. The van der Waals surface area contributed by atoms with Gasteiger partial charge < -0.3 is 10.2 Å². The van der Waals surface area contributed by atoms with Gasteiger partial charge in [0.05, 0.1) is 11.2 Å². The predicted octanol–water partition coefficient (Wildman–Crippen LogP) is 2.66. The number of hydrogen-bond donors (Lipinski definition) is 1. The molecule has 2 aromatic rings. The maximum absolute atomic E-state index is 4.67. The Morgan fingerprint density at radius 1 is 1.16 bits per heavy atom. The third kappa shape index (κ3) is 4.30. The molecule has 1 aromatic heterocycles. The van der Waals surface area contributed by atoms with Crippen molar-refractivity contribution in [3.63, 3.8) is 0 Å². The SMILES string of the molecule is CC(CCN(C)C)NCc1ccc2ccccc2n1. The summed E-state index contributed by atoms with van der Waals surface area (Å²) in [5.74, 6) is 0. The fraction of sp³-hybridized carbons (Fsp3) is 0.438. The second-order valence-corrected chi connectivity index (χ2v) is 5.37. The zero-order valence-electron chi connectivity index (χ0n) is 12.1. The molecule has 0 bridgehead atoms. The molecular weight excluding hydrogens is 234 g/mol. The van der Waals surface area contributed by atoms with Crippen LogP contribution in [0.1, 0.15) is 19.0 Å². The van der Waals surface area contributed by atoms with Gasteiger partial charge in [-0.05, 0) is 46.1 Å². The van der Waals surface area contributed by atoms with E-state index in [1.165, 1.54) is 5.39 Å². The van der Waals surface area contributed by atoms with Crippen LogP contribution in [0.4, 0.5) is 0 Å². The summed E-state index contributed by atoms with van der Waals surface area (Å²) < 4.78 is 0. The first-order chi connectivity index (χ1) is 9.15. The third-order valence-corrected chi connectivity index (χ3v) is 3.30. The van der Waals surface area contributed by atoms with Crippen LogP contribution in [0.15, 0.2) is 36.4 Å². The van der Waals surface area contributed by atoms with Crippen molar-refractivity contribution >= 4 is 10.9 Å². The Balaban J connectivity index is 1.90. The van der Waals surface area contributed by atoms with E-state index < -0.39 is 0 Å². The minimum absolute atomic E-state index is 0.510. The highest BCUT2D eigenvalue weighted by atomic mass is 15.1. The molecule has 1 N–H and O–H groups in total. The summed E-state index contributed by atoms with van der Waals surface area (Å²) in [6.45, 7) is 4.17. The zero-order chi connectivity index (χ0) is 13.7. The first kappa shape index (κ1) is 14.0. The Labute approximate surface area is 115 Å². The van der Waals surface area contributed by atoms with Crippen LogP contribution in [0.2, 0.25) is 0 Å². The Kier molecular flexibility index (Phi) is 4.88. The molecule has 0 aliphatic heterocycles. The van der Waals surface area contributed by atoms with E-state index in [1.807, 2.05) is 12.1 Å². The van der Waals surface area contributed by atoms with Crippen LogP contribution in [0.25, 0.3) is 10.9 Å². The van der Waals surface area contributed by atoms with Gasteiger partial charge in [0.2, 0.25) is 0 Å². The molecular formula is C16H23N3. The quantitative estimate of drug-likeness (QED) is 0.862. The summed E-state index contributed by atoms with van der Waals surface area (Å²) in [5, 5.41) is 4.73. The van der Waals surface area contributed by atoms with Gasteiger partial charge in [0, 0.05) is 18.0 Å². The molecule has 1 atom stereocenters. The Hall–Kier alpha value is -1.45. The number of pyridine rings is 1. The summed E-state index contributed by atoms with van der Waals surface area (Å²) >= 11 is 0. The monoisotopic (exact) mass is 257 g/mol. The van der Waals surface area contributed by atoms with Gasteiger partial charge in [-0.25, -0.2) is 0 Å². The summed E-state index contributed by atoms with van der Waals surface area (Å²) in [5.41, 5.74) is 2.18. The molecule has 0 fully saturated rings. The van der Waals surface area contributed by atoms with Gasteiger partial charge in [-0.1, -0.05) is 24.3 Å². The van der Waals surface area contributed by atoms with Crippen molar-refractivity contribution in [2.24, 2.45) is 0 Å². The van der Waals surface area contributed by atoms with E-state index in [4.69, 9.17) is 0 Å². The largest absolute Gasteiger partial charge is 0.309 e. The molecule has 0 saturated heterocycles. The number of nitrogens with one attached hydrogen (secondary N) is 1. The lowest BCUT2D eigenvalue weighted by molar-refractivity contribution is 0.365. The number of para-hydroxylation sites is 1. The molecule has 3 heteroatoms. The van der Waals surface area contributed by atoms with Crippen molar-refractivity contribution in [1.82, 2.24) is 15.2 Å². The highest BCUT2D eigenvalue weighted by Crippen LogP contribution is 2.11. The van der Waals surface area contributed by atoms with Crippen LogP contribution >= 0.6 is 0 Å². The summed E-state index contributed by atoms with van der Waals surface area (Å²) in [6, 6.07) is 13.0. The number of aromatic nitrogens is 1. The second kappa shape index (κ2) is 6.64. The van der Waals surface area contributed by atoms with Gasteiger partial charge in [0.25, 0.3) is 0 Å². The van der Waals surface area contributed by atoms with Crippen LogP contribution in [-0.2, 0) is 6.54 Å². The van der Waals surface area contributed by atoms with Crippen molar-refractivity contribution in [1.29, 1.82) is 0 Å². The van der Waals surface area contributed by atoms with Crippen molar-refractivity contribution < 1.29 is 0 Å². The summed E-state index contributed by atoms with van der Waals surface area (Å²) in [7, 11) is 4.22. The molecule has 3 nitrogen and oxygen atoms in total. The molecule has 102 valence electrons. The smallest absolute Gasteiger partial charge is 0.0705 e. The lowest BCUT2D eigenvalue weighted by Crippen LogP contribution is -2.29.